The van der Waals surface area contributed by atoms with Gasteiger partial charge in [0.2, 0.25) is 23.5 Å². The predicted octanol–water partition coefficient (Wildman–Crippen LogP) is 4.70. The lowest BCUT2D eigenvalue weighted by Gasteiger charge is -2.25. The molecule has 1 aliphatic heterocycles. The third kappa shape index (κ3) is 18.2. The van der Waals surface area contributed by atoms with Gasteiger partial charge < -0.3 is 65.2 Å². The predicted molar refractivity (Wildman–Crippen MR) is 273 cm³/mol. The van der Waals surface area contributed by atoms with Crippen molar-refractivity contribution in [2.75, 3.05) is 74.0 Å². The van der Waals surface area contributed by atoms with Crippen molar-refractivity contribution in [3.05, 3.63) is 83.4 Å². The maximum atomic E-state index is 13.6. The molecule has 0 fully saturated rings. The van der Waals surface area contributed by atoms with Crippen molar-refractivity contribution in [3.63, 3.8) is 0 Å². The van der Waals surface area contributed by atoms with E-state index in [1.165, 1.54) is 36.1 Å². The molecule has 0 unspecified atom stereocenters. The summed E-state index contributed by atoms with van der Waals surface area (Å²) in [6.45, 7) is 4.05. The van der Waals surface area contributed by atoms with Crippen molar-refractivity contribution in [2.24, 2.45) is 11.7 Å². The van der Waals surface area contributed by atoms with E-state index in [9.17, 15) is 38.4 Å². The fraction of sp³-hybridized carbons (Fsp3) is 0.462. The Kier molecular flexibility index (Phi) is 23.3. The standard InChI is InChI=1S/C52H70N8O14/c1-33(2)46(57-43(61)14-10-9-11-26-60-44(62)23-24-45(60)63)49(65)56-38(13-12-25-54-50(53)66)48(64)55-37-20-17-35(18-21-37)32-73-51(67)58(3)27-28-59(4)52(68)74-40-29-34(19-22-39(40)69-5)15-16-36-30-41(70-6)47(72-8)42(31-36)71-7/h17-24,29-31,33,38,46H,9-16,25-28,32H2,1-8H3,(H,55,64)(H,56,65)(H,57,61)(H3,53,54,66)/t38-,46-/m0/s1. The molecule has 22 heteroatoms. The first-order valence-electron chi connectivity index (χ1n) is 24.2. The Morgan fingerprint density at radius 3 is 1.85 bits per heavy atom. The molecule has 1 aliphatic rings. The van der Waals surface area contributed by atoms with E-state index in [1.54, 1.807) is 78.6 Å². The second-order valence-corrected chi connectivity index (χ2v) is 17.7. The quantitative estimate of drug-likeness (QED) is 0.0466. The van der Waals surface area contributed by atoms with Gasteiger partial charge in [-0.05, 0) is 97.5 Å². The number of benzene rings is 3. The van der Waals surface area contributed by atoms with Crippen LogP contribution in [0.25, 0.3) is 0 Å². The third-order valence-corrected chi connectivity index (χ3v) is 11.9. The highest BCUT2D eigenvalue weighted by Crippen LogP contribution is 2.39. The highest BCUT2D eigenvalue weighted by Gasteiger charge is 2.29. The normalized spacial score (nSPS) is 12.6. The SMILES string of the molecule is COc1ccc(CCc2cc(OC)c(OC)c(OC)c2)cc1OC(=O)N(C)CCN(C)C(=O)OCc1ccc(NC(=O)[C@H](CCCNC(N)=O)NC(=O)[C@@H](NC(=O)CCCCCN2C(=O)C=CC2=O)C(C)C)cc1. The molecule has 3 aromatic carbocycles. The number of rotatable bonds is 29. The smallest absolute Gasteiger partial charge is 0.415 e. The molecule has 3 aromatic rings. The number of hydrogen-bond acceptors (Lipinski definition) is 14. The molecule has 22 nitrogen and oxygen atoms in total. The maximum Gasteiger partial charge on any atom is 0.415 e. The first-order valence-corrected chi connectivity index (χ1v) is 24.2. The van der Waals surface area contributed by atoms with Crippen molar-refractivity contribution in [3.8, 4) is 28.7 Å². The molecule has 1 heterocycles. The largest absolute Gasteiger partial charge is 0.493 e. The molecule has 6 N–H and O–H groups in total. The van der Waals surface area contributed by atoms with Crippen molar-refractivity contribution in [1.29, 1.82) is 0 Å². The van der Waals surface area contributed by atoms with Crippen LogP contribution in [0, 0.1) is 5.92 Å². The Hall–Kier alpha value is -8.04. The van der Waals surface area contributed by atoms with Gasteiger partial charge in [-0.1, -0.05) is 38.5 Å². The lowest BCUT2D eigenvalue weighted by molar-refractivity contribution is -0.137. The number of nitrogens with zero attached hydrogens (tertiary/aromatic N) is 3. The maximum absolute atomic E-state index is 13.6. The number of likely N-dealkylation sites (N-methyl/N-ethyl adjacent to an activating group) is 2. The Balaban J connectivity index is 1.24. The first kappa shape index (κ1) is 58.5. The van der Waals surface area contributed by atoms with Gasteiger partial charge in [0.25, 0.3) is 11.8 Å². The van der Waals surface area contributed by atoms with E-state index in [1.807, 2.05) is 18.2 Å². The van der Waals surface area contributed by atoms with E-state index in [2.05, 4.69) is 21.3 Å². The second-order valence-electron chi connectivity index (χ2n) is 17.7. The number of nitrogens with two attached hydrogens (primary N) is 1. The number of carbonyl (C=O) groups excluding carboxylic acids is 8. The zero-order chi connectivity index (χ0) is 54.3. The van der Waals surface area contributed by atoms with Gasteiger partial charge in [-0.2, -0.15) is 0 Å². The summed E-state index contributed by atoms with van der Waals surface area (Å²) in [6, 6.07) is 12.9. The summed E-state index contributed by atoms with van der Waals surface area (Å²) in [5.41, 5.74) is 8.03. The van der Waals surface area contributed by atoms with Crippen molar-refractivity contribution in [1.82, 2.24) is 30.7 Å². The van der Waals surface area contributed by atoms with E-state index < -0.39 is 42.1 Å². The molecule has 0 aliphatic carbocycles. The number of anilines is 1. The van der Waals surface area contributed by atoms with Crippen molar-refractivity contribution < 1.29 is 66.8 Å². The highest BCUT2D eigenvalue weighted by molar-refractivity contribution is 6.12. The Morgan fingerprint density at radius 2 is 1.26 bits per heavy atom. The molecule has 0 spiro atoms. The summed E-state index contributed by atoms with van der Waals surface area (Å²) >= 11 is 0. The number of unbranched alkanes of at least 4 members (excludes halogenated alkanes) is 2. The zero-order valence-corrected chi connectivity index (χ0v) is 43.4. The van der Waals surface area contributed by atoms with Crippen LogP contribution in [-0.4, -0.2) is 143 Å². The van der Waals surface area contributed by atoms with Crippen LogP contribution in [-0.2, 0) is 48.2 Å². The van der Waals surface area contributed by atoms with Gasteiger partial charge in [-0.25, -0.2) is 14.4 Å². The van der Waals surface area contributed by atoms with Crippen molar-refractivity contribution in [2.45, 2.75) is 83.9 Å². The van der Waals surface area contributed by atoms with Gasteiger partial charge in [0, 0.05) is 64.5 Å². The number of urea groups is 1. The van der Waals surface area contributed by atoms with Crippen LogP contribution in [0.3, 0.4) is 0 Å². The first-order chi connectivity index (χ1) is 35.4. The Labute approximate surface area is 431 Å². The molecule has 2 atom stereocenters. The summed E-state index contributed by atoms with van der Waals surface area (Å²) < 4.78 is 33.1. The Morgan fingerprint density at radius 1 is 0.662 bits per heavy atom. The number of nitrogens with one attached hydrogen (secondary N) is 4. The average Bonchev–Trinajstić information content (AvgIpc) is 3.70. The van der Waals surface area contributed by atoms with E-state index in [0.717, 1.165) is 16.0 Å². The van der Waals surface area contributed by atoms with E-state index in [-0.39, 0.29) is 81.4 Å². The summed E-state index contributed by atoms with van der Waals surface area (Å²) in [5.74, 6) is -0.371. The minimum atomic E-state index is -1.06. The summed E-state index contributed by atoms with van der Waals surface area (Å²) in [7, 11) is 9.21. The molecule has 9 amide bonds. The van der Waals surface area contributed by atoms with E-state index >= 15 is 0 Å². The monoisotopic (exact) mass is 1030 g/mol. The van der Waals surface area contributed by atoms with Crippen LogP contribution in [0.4, 0.5) is 20.1 Å². The average molecular weight is 1030 g/mol. The van der Waals surface area contributed by atoms with E-state index in [4.69, 9.17) is 34.2 Å². The molecule has 0 aromatic heterocycles. The fourth-order valence-electron chi connectivity index (χ4n) is 7.56. The molecular formula is C52H70N8O14. The van der Waals surface area contributed by atoms with Gasteiger partial charge in [0.05, 0.1) is 28.4 Å². The lowest BCUT2D eigenvalue weighted by atomic mass is 10.0. The van der Waals surface area contributed by atoms with Crippen LogP contribution < -0.4 is 50.7 Å². The van der Waals surface area contributed by atoms with Crippen LogP contribution in [0.15, 0.2) is 66.7 Å². The number of methoxy groups -OCH3 is 4. The number of imide groups is 1. The van der Waals surface area contributed by atoms with Crippen LogP contribution >= 0.6 is 0 Å². The van der Waals surface area contributed by atoms with Crippen LogP contribution in [0.5, 0.6) is 28.7 Å². The highest BCUT2D eigenvalue weighted by atomic mass is 16.6. The van der Waals surface area contributed by atoms with Crippen LogP contribution in [0.1, 0.15) is 69.1 Å². The summed E-state index contributed by atoms with van der Waals surface area (Å²) in [6.07, 6.45) is 4.44. The van der Waals surface area contributed by atoms with Gasteiger partial charge in [0.1, 0.15) is 18.7 Å². The van der Waals surface area contributed by atoms with E-state index in [0.29, 0.717) is 66.4 Å². The molecular weight excluding hydrogens is 961 g/mol. The number of carbonyl (C=O) groups is 8. The van der Waals surface area contributed by atoms with Gasteiger partial charge >= 0.3 is 18.2 Å². The minimum absolute atomic E-state index is 0.100. The molecule has 4 rings (SSSR count). The molecule has 0 saturated carbocycles. The van der Waals surface area contributed by atoms with Crippen molar-refractivity contribution >= 4 is 53.4 Å². The van der Waals surface area contributed by atoms with Gasteiger partial charge in [-0.15, -0.1) is 0 Å². The molecule has 0 saturated heterocycles. The second kappa shape index (κ2) is 29.5. The summed E-state index contributed by atoms with van der Waals surface area (Å²) in [5, 5.41) is 10.8. The Bertz CT molecular complexity index is 2420. The molecule has 0 radical (unpaired) electrons. The lowest BCUT2D eigenvalue weighted by Crippen LogP contribution is -2.54. The number of ether oxygens (including phenoxy) is 6. The number of amides is 9. The zero-order valence-electron chi connectivity index (χ0n) is 43.4. The fourth-order valence-corrected chi connectivity index (χ4v) is 7.56. The molecule has 402 valence electrons. The summed E-state index contributed by atoms with van der Waals surface area (Å²) in [4.78, 5) is 105. The third-order valence-electron chi connectivity index (χ3n) is 11.9. The van der Waals surface area contributed by atoms with Gasteiger partial charge in [-0.3, -0.25) is 28.9 Å². The number of hydrogen-bond donors (Lipinski definition) is 5. The molecule has 74 heavy (non-hydrogen) atoms. The van der Waals surface area contributed by atoms with Gasteiger partial charge in [0.15, 0.2) is 23.0 Å². The molecule has 0 bridgehead atoms. The number of primary amides is 1. The minimum Gasteiger partial charge on any atom is -0.493 e. The topological polar surface area (TPSA) is 276 Å². The van der Waals surface area contributed by atoms with Crippen LogP contribution in [0.2, 0.25) is 0 Å². The number of aryl methyl sites for hydroxylation is 2.